The molecule has 0 aliphatic heterocycles. The monoisotopic (exact) mass is 266 g/mol. The molecule has 1 atom stereocenters. The van der Waals surface area contributed by atoms with Gasteiger partial charge in [-0.05, 0) is 26.7 Å². The second-order valence-corrected chi connectivity index (χ2v) is 4.62. The van der Waals surface area contributed by atoms with Crippen LogP contribution in [0.25, 0.3) is 0 Å². The van der Waals surface area contributed by atoms with Crippen molar-refractivity contribution in [1.82, 2.24) is 9.97 Å². The van der Waals surface area contributed by atoms with Gasteiger partial charge in [-0.3, -0.25) is 0 Å². The van der Waals surface area contributed by atoms with E-state index in [1.165, 1.54) is 0 Å². The van der Waals surface area contributed by atoms with Crippen LogP contribution in [0.15, 0.2) is 0 Å². The number of anilines is 2. The van der Waals surface area contributed by atoms with E-state index in [1.807, 2.05) is 20.8 Å². The number of aliphatic hydroxyl groups is 1. The third-order valence-corrected chi connectivity index (χ3v) is 3.09. The number of aliphatic hydroxyl groups excluding tert-OH is 1. The van der Waals surface area contributed by atoms with Gasteiger partial charge < -0.3 is 15.7 Å². The molecule has 5 nitrogen and oxygen atoms in total. The van der Waals surface area contributed by atoms with E-state index in [1.54, 1.807) is 0 Å². The Morgan fingerprint density at radius 2 is 1.74 bits per heavy atom. The first-order valence-electron chi connectivity index (χ1n) is 7.15. The molecule has 0 bridgehead atoms. The van der Waals surface area contributed by atoms with Crippen molar-refractivity contribution in [1.29, 1.82) is 0 Å². The van der Waals surface area contributed by atoms with Crippen LogP contribution in [-0.2, 0) is 6.42 Å². The second kappa shape index (κ2) is 7.94. The van der Waals surface area contributed by atoms with Crippen molar-refractivity contribution >= 4 is 11.6 Å². The Bertz CT molecular complexity index is 395. The second-order valence-electron chi connectivity index (χ2n) is 4.62. The molecule has 0 amide bonds. The average Bonchev–Trinajstić information content (AvgIpc) is 2.42. The molecular weight excluding hydrogens is 240 g/mol. The summed E-state index contributed by atoms with van der Waals surface area (Å²) in [5, 5.41) is 16.1. The lowest BCUT2D eigenvalue weighted by Crippen LogP contribution is -2.15. The minimum atomic E-state index is -0.242. The van der Waals surface area contributed by atoms with Crippen LogP contribution in [-0.4, -0.2) is 34.3 Å². The van der Waals surface area contributed by atoms with Crippen LogP contribution in [0.2, 0.25) is 0 Å². The van der Waals surface area contributed by atoms with E-state index < -0.39 is 0 Å². The van der Waals surface area contributed by atoms with Crippen molar-refractivity contribution in [3.63, 3.8) is 0 Å². The zero-order chi connectivity index (χ0) is 14.3. The fourth-order valence-corrected chi connectivity index (χ4v) is 1.79. The molecule has 0 saturated heterocycles. The van der Waals surface area contributed by atoms with E-state index in [0.29, 0.717) is 0 Å². The first kappa shape index (κ1) is 15.7. The summed E-state index contributed by atoms with van der Waals surface area (Å²) in [5.74, 6) is 2.60. The van der Waals surface area contributed by atoms with E-state index in [0.717, 1.165) is 55.4 Å². The van der Waals surface area contributed by atoms with Gasteiger partial charge in [0.2, 0.25) is 0 Å². The normalized spacial score (nSPS) is 12.3. The highest BCUT2D eigenvalue weighted by Crippen LogP contribution is 2.20. The first-order chi connectivity index (χ1) is 9.12. The summed E-state index contributed by atoms with van der Waals surface area (Å²) in [6, 6.07) is 0. The van der Waals surface area contributed by atoms with Crippen molar-refractivity contribution in [2.45, 2.75) is 53.1 Å². The lowest BCUT2D eigenvalue weighted by Gasteiger charge is -2.15. The van der Waals surface area contributed by atoms with Gasteiger partial charge in [-0.15, -0.1) is 0 Å². The van der Waals surface area contributed by atoms with E-state index in [-0.39, 0.29) is 6.10 Å². The molecule has 0 fully saturated rings. The minimum Gasteiger partial charge on any atom is -0.393 e. The summed E-state index contributed by atoms with van der Waals surface area (Å²) in [7, 11) is 0. The number of rotatable bonds is 8. The standard InChI is InChI=1S/C14H26N4O/c1-5-11(19)8-9-16-14-10(4)13(15-7-3)17-12(6-2)18-14/h11,19H,5-9H2,1-4H3,(H2,15,16,17,18). The summed E-state index contributed by atoms with van der Waals surface area (Å²) in [6.45, 7) is 9.66. The van der Waals surface area contributed by atoms with Gasteiger partial charge in [0.1, 0.15) is 17.5 Å². The Balaban J connectivity index is 2.77. The highest BCUT2D eigenvalue weighted by molar-refractivity contribution is 5.57. The van der Waals surface area contributed by atoms with Gasteiger partial charge in [-0.2, -0.15) is 0 Å². The average molecular weight is 266 g/mol. The molecule has 0 spiro atoms. The summed E-state index contributed by atoms with van der Waals surface area (Å²) >= 11 is 0. The number of nitrogens with one attached hydrogen (secondary N) is 2. The van der Waals surface area contributed by atoms with Crippen LogP contribution < -0.4 is 10.6 Å². The zero-order valence-electron chi connectivity index (χ0n) is 12.5. The Hall–Kier alpha value is -1.36. The van der Waals surface area contributed by atoms with Crippen molar-refractivity contribution in [2.24, 2.45) is 0 Å². The molecule has 0 aliphatic carbocycles. The highest BCUT2D eigenvalue weighted by Gasteiger charge is 2.10. The molecule has 1 aromatic rings. The summed E-state index contributed by atoms with van der Waals surface area (Å²) < 4.78 is 0. The van der Waals surface area contributed by atoms with Crippen LogP contribution in [0, 0.1) is 6.92 Å². The largest absolute Gasteiger partial charge is 0.393 e. The number of hydrogen-bond donors (Lipinski definition) is 3. The van der Waals surface area contributed by atoms with Crippen LogP contribution in [0.3, 0.4) is 0 Å². The molecule has 0 radical (unpaired) electrons. The Kier molecular flexibility index (Phi) is 6.56. The molecule has 3 N–H and O–H groups in total. The number of nitrogens with zero attached hydrogens (tertiary/aromatic N) is 2. The lowest BCUT2D eigenvalue weighted by atomic mass is 10.2. The smallest absolute Gasteiger partial charge is 0.134 e. The number of hydrogen-bond acceptors (Lipinski definition) is 5. The van der Waals surface area contributed by atoms with Crippen molar-refractivity contribution < 1.29 is 5.11 Å². The zero-order valence-corrected chi connectivity index (χ0v) is 12.5. The van der Waals surface area contributed by atoms with Gasteiger partial charge >= 0.3 is 0 Å². The molecule has 19 heavy (non-hydrogen) atoms. The first-order valence-corrected chi connectivity index (χ1v) is 7.15. The Morgan fingerprint density at radius 3 is 2.26 bits per heavy atom. The van der Waals surface area contributed by atoms with Crippen LogP contribution in [0.1, 0.15) is 45.0 Å². The lowest BCUT2D eigenvalue weighted by molar-refractivity contribution is 0.164. The maximum absolute atomic E-state index is 9.56. The fraction of sp³-hybridized carbons (Fsp3) is 0.714. The molecule has 0 aliphatic rings. The molecule has 1 rings (SSSR count). The van der Waals surface area contributed by atoms with E-state index in [4.69, 9.17) is 0 Å². The van der Waals surface area contributed by atoms with Crippen LogP contribution >= 0.6 is 0 Å². The topological polar surface area (TPSA) is 70.1 Å². The predicted molar refractivity (Wildman–Crippen MR) is 79.7 cm³/mol. The molecular formula is C14H26N4O. The van der Waals surface area contributed by atoms with Crippen LogP contribution in [0.4, 0.5) is 11.6 Å². The van der Waals surface area contributed by atoms with Gasteiger partial charge in [0, 0.05) is 25.1 Å². The van der Waals surface area contributed by atoms with Gasteiger partial charge in [-0.25, -0.2) is 9.97 Å². The maximum Gasteiger partial charge on any atom is 0.134 e. The molecule has 1 aromatic heterocycles. The minimum absolute atomic E-state index is 0.242. The number of aryl methyl sites for hydroxylation is 1. The van der Waals surface area contributed by atoms with E-state index >= 15 is 0 Å². The summed E-state index contributed by atoms with van der Waals surface area (Å²) in [5.41, 5.74) is 1.03. The summed E-state index contributed by atoms with van der Waals surface area (Å²) in [4.78, 5) is 9.00. The molecule has 0 saturated carbocycles. The molecule has 1 heterocycles. The van der Waals surface area contributed by atoms with Gasteiger partial charge in [0.15, 0.2) is 0 Å². The number of aromatic nitrogens is 2. The maximum atomic E-state index is 9.56. The van der Waals surface area contributed by atoms with Crippen molar-refractivity contribution in [3.05, 3.63) is 11.4 Å². The van der Waals surface area contributed by atoms with Crippen molar-refractivity contribution in [3.8, 4) is 0 Å². The fourth-order valence-electron chi connectivity index (χ4n) is 1.79. The Morgan fingerprint density at radius 1 is 1.11 bits per heavy atom. The van der Waals surface area contributed by atoms with Gasteiger partial charge in [0.25, 0.3) is 0 Å². The van der Waals surface area contributed by atoms with E-state index in [9.17, 15) is 5.11 Å². The molecule has 108 valence electrons. The third kappa shape index (κ3) is 4.67. The third-order valence-electron chi connectivity index (χ3n) is 3.09. The van der Waals surface area contributed by atoms with E-state index in [2.05, 4.69) is 27.5 Å². The van der Waals surface area contributed by atoms with Crippen LogP contribution in [0.5, 0.6) is 0 Å². The Labute approximate surface area is 115 Å². The van der Waals surface area contributed by atoms with Gasteiger partial charge in [-0.1, -0.05) is 13.8 Å². The molecule has 0 aromatic carbocycles. The SMILES string of the molecule is CCNc1nc(CC)nc(NCCC(O)CC)c1C. The quantitative estimate of drug-likeness (QED) is 0.674. The molecule has 1 unspecified atom stereocenters. The molecule has 5 heteroatoms. The summed E-state index contributed by atoms with van der Waals surface area (Å²) in [6.07, 6.45) is 2.09. The van der Waals surface area contributed by atoms with Gasteiger partial charge in [0.05, 0.1) is 6.10 Å². The highest BCUT2D eigenvalue weighted by atomic mass is 16.3. The predicted octanol–water partition coefficient (Wildman–Crippen LogP) is 2.35. The van der Waals surface area contributed by atoms with Crippen molar-refractivity contribution in [2.75, 3.05) is 23.7 Å².